The predicted molar refractivity (Wildman–Crippen MR) is 335 cm³/mol. The van der Waals surface area contributed by atoms with E-state index in [9.17, 15) is 43.2 Å². The fourth-order valence-corrected chi connectivity index (χ4v) is 11.2. The second kappa shape index (κ2) is 56.3. The van der Waals surface area contributed by atoms with E-state index in [0.717, 1.165) is 120 Å². The molecule has 0 aromatic heterocycles. The van der Waals surface area contributed by atoms with Crippen molar-refractivity contribution >= 4 is 39.5 Å². The first-order valence-corrected chi connectivity index (χ1v) is 36.9. The van der Waals surface area contributed by atoms with Gasteiger partial charge in [-0.05, 0) is 43.4 Å². The normalized spacial score (nSPS) is 15.0. The van der Waals surface area contributed by atoms with Crippen LogP contribution in [0.1, 0.15) is 318 Å². The molecule has 498 valence electrons. The number of unbranched alkanes of at least 4 members (excludes halogenated alkanes) is 29. The number of aliphatic hydroxyl groups is 1. The van der Waals surface area contributed by atoms with Gasteiger partial charge in [0.05, 0.1) is 26.4 Å². The summed E-state index contributed by atoms with van der Waals surface area (Å²) in [5, 5.41) is 10.5. The number of hydrogen-bond donors (Lipinski definition) is 3. The van der Waals surface area contributed by atoms with Crippen molar-refractivity contribution in [3.05, 3.63) is 0 Å². The van der Waals surface area contributed by atoms with Crippen molar-refractivity contribution < 1.29 is 80.2 Å². The maximum Gasteiger partial charge on any atom is 0.472 e. The maximum absolute atomic E-state index is 13.0. The van der Waals surface area contributed by atoms with Gasteiger partial charge in [-0.1, -0.05) is 267 Å². The number of hydrogen-bond acceptors (Lipinski definition) is 15. The van der Waals surface area contributed by atoms with E-state index in [1.54, 1.807) is 0 Å². The van der Waals surface area contributed by atoms with Crippen LogP contribution < -0.4 is 0 Å². The minimum Gasteiger partial charge on any atom is -0.462 e. The van der Waals surface area contributed by atoms with E-state index in [2.05, 4.69) is 48.5 Å². The van der Waals surface area contributed by atoms with Crippen molar-refractivity contribution in [3.8, 4) is 0 Å². The van der Waals surface area contributed by atoms with Gasteiger partial charge in [0, 0.05) is 25.7 Å². The van der Waals surface area contributed by atoms with Crippen molar-refractivity contribution in [3.63, 3.8) is 0 Å². The maximum atomic E-state index is 13.0. The molecular weight excluding hydrogens is 1110 g/mol. The van der Waals surface area contributed by atoms with E-state index < -0.39 is 97.5 Å². The van der Waals surface area contributed by atoms with E-state index in [-0.39, 0.29) is 25.7 Å². The molecule has 0 aliphatic heterocycles. The van der Waals surface area contributed by atoms with Crippen LogP contribution in [0.2, 0.25) is 0 Å². The Morgan fingerprint density at radius 3 is 0.905 bits per heavy atom. The molecule has 0 heterocycles. The molecule has 19 heteroatoms. The number of esters is 4. The summed E-state index contributed by atoms with van der Waals surface area (Å²) in [4.78, 5) is 72.2. The van der Waals surface area contributed by atoms with Gasteiger partial charge >= 0.3 is 39.5 Å². The minimum atomic E-state index is -4.95. The Hall–Kier alpha value is -1.94. The van der Waals surface area contributed by atoms with Gasteiger partial charge in [0.2, 0.25) is 0 Å². The van der Waals surface area contributed by atoms with Gasteiger partial charge in [-0.3, -0.25) is 37.3 Å². The Kier molecular flexibility index (Phi) is 55.0. The molecule has 0 aliphatic rings. The van der Waals surface area contributed by atoms with Gasteiger partial charge in [-0.25, -0.2) is 9.13 Å². The SMILES string of the molecule is CCCCCCCCCC(=O)OC[C@H](COP(=O)(O)OC[C@H](O)COP(=O)(O)OC[C@@H](COC(=O)CCCCCCCCCCC(C)CC)OC(=O)CCCCCCCCCCCCC(C)C)OC(=O)CCCCCCCCCCC(C)CC. The summed E-state index contributed by atoms with van der Waals surface area (Å²) in [6.07, 6.45) is 37.5. The number of rotatable bonds is 63. The average Bonchev–Trinajstić information content (AvgIpc) is 3.61. The lowest BCUT2D eigenvalue weighted by Gasteiger charge is -2.21. The zero-order valence-corrected chi connectivity index (χ0v) is 56.1. The Morgan fingerprint density at radius 1 is 0.345 bits per heavy atom. The molecule has 0 aliphatic carbocycles. The molecule has 7 atom stereocenters. The highest BCUT2D eigenvalue weighted by atomic mass is 31.2. The zero-order chi connectivity index (χ0) is 62.4. The standard InChI is InChI=1S/C65H126O17P2/c1-8-11-12-13-22-32-39-46-62(67)75-52-60(82-65(70)49-42-35-28-21-19-25-31-38-45-58(7)10-3)54-79-83(71,72)77-50-59(66)51-78-84(73,74)80-55-61(53-76-63(68)47-40-33-26-20-18-24-30-37-44-57(6)9-2)81-64(69)48-41-34-27-17-15-14-16-23-29-36-43-56(4)5/h56-61,66H,8-55H2,1-7H3,(H,71,72)(H,73,74)/t57?,58?,59-,60+,61+/m0/s1. The molecule has 0 saturated heterocycles. The summed E-state index contributed by atoms with van der Waals surface area (Å²) >= 11 is 0. The number of carbonyl (C=O) groups is 4. The van der Waals surface area contributed by atoms with Crippen LogP contribution in [0.4, 0.5) is 0 Å². The molecule has 0 rings (SSSR count). The molecule has 0 aromatic rings. The molecule has 17 nitrogen and oxygen atoms in total. The fraction of sp³-hybridized carbons (Fsp3) is 0.938. The fourth-order valence-electron chi connectivity index (χ4n) is 9.59. The van der Waals surface area contributed by atoms with Gasteiger partial charge in [-0.15, -0.1) is 0 Å². The molecule has 84 heavy (non-hydrogen) atoms. The first-order valence-electron chi connectivity index (χ1n) is 33.9. The quantitative estimate of drug-likeness (QED) is 0.0222. The van der Waals surface area contributed by atoms with Crippen LogP contribution in [0.3, 0.4) is 0 Å². The Balaban J connectivity index is 5.24. The average molecular weight is 1240 g/mol. The molecular formula is C65H126O17P2. The molecule has 0 saturated carbocycles. The van der Waals surface area contributed by atoms with Gasteiger partial charge in [0.15, 0.2) is 12.2 Å². The molecule has 0 spiro atoms. The first kappa shape index (κ1) is 82.1. The van der Waals surface area contributed by atoms with Crippen molar-refractivity contribution in [2.24, 2.45) is 17.8 Å². The summed E-state index contributed by atoms with van der Waals surface area (Å²) in [6.45, 7) is 11.8. The molecule has 0 fully saturated rings. The lowest BCUT2D eigenvalue weighted by molar-refractivity contribution is -0.161. The second-order valence-electron chi connectivity index (χ2n) is 24.5. The summed E-state index contributed by atoms with van der Waals surface area (Å²) in [5.41, 5.74) is 0. The molecule has 0 bridgehead atoms. The number of aliphatic hydroxyl groups excluding tert-OH is 1. The van der Waals surface area contributed by atoms with Crippen LogP contribution in [0.15, 0.2) is 0 Å². The van der Waals surface area contributed by atoms with Gasteiger partial charge in [0.25, 0.3) is 0 Å². The van der Waals surface area contributed by atoms with E-state index in [0.29, 0.717) is 25.7 Å². The third-order valence-corrected chi connectivity index (χ3v) is 17.5. The highest BCUT2D eigenvalue weighted by Crippen LogP contribution is 2.45. The molecule has 0 aromatic carbocycles. The van der Waals surface area contributed by atoms with E-state index >= 15 is 0 Å². The zero-order valence-electron chi connectivity index (χ0n) is 54.4. The van der Waals surface area contributed by atoms with E-state index in [1.807, 2.05) is 0 Å². The van der Waals surface area contributed by atoms with Crippen molar-refractivity contribution in [1.82, 2.24) is 0 Å². The third kappa shape index (κ3) is 56.6. The predicted octanol–water partition coefficient (Wildman–Crippen LogP) is 17.9. The van der Waals surface area contributed by atoms with E-state index in [1.165, 1.54) is 116 Å². The summed E-state index contributed by atoms with van der Waals surface area (Å²) in [7, 11) is -9.89. The van der Waals surface area contributed by atoms with Crippen molar-refractivity contribution in [2.45, 2.75) is 336 Å². The number of phosphoric acid groups is 2. The smallest absolute Gasteiger partial charge is 0.462 e. The second-order valence-corrected chi connectivity index (χ2v) is 27.4. The third-order valence-electron chi connectivity index (χ3n) is 15.6. The van der Waals surface area contributed by atoms with E-state index in [4.69, 9.17) is 37.0 Å². The van der Waals surface area contributed by atoms with Crippen molar-refractivity contribution in [1.29, 1.82) is 0 Å². The lowest BCUT2D eigenvalue weighted by atomic mass is 9.99. The summed E-state index contributed by atoms with van der Waals surface area (Å²) in [5.74, 6) is 0.160. The summed E-state index contributed by atoms with van der Waals surface area (Å²) < 4.78 is 68.0. The number of ether oxygens (including phenoxy) is 4. The van der Waals surface area contributed by atoms with Gasteiger partial charge < -0.3 is 33.8 Å². The monoisotopic (exact) mass is 1240 g/mol. The first-order chi connectivity index (χ1) is 40.3. The topological polar surface area (TPSA) is 237 Å². The molecule has 4 unspecified atom stereocenters. The van der Waals surface area contributed by atoms with Crippen LogP contribution in [-0.4, -0.2) is 96.7 Å². The van der Waals surface area contributed by atoms with Crippen LogP contribution >= 0.6 is 15.6 Å². The highest BCUT2D eigenvalue weighted by molar-refractivity contribution is 7.47. The van der Waals surface area contributed by atoms with Crippen LogP contribution in [0.5, 0.6) is 0 Å². The van der Waals surface area contributed by atoms with Crippen LogP contribution in [0.25, 0.3) is 0 Å². The van der Waals surface area contributed by atoms with Crippen molar-refractivity contribution in [2.75, 3.05) is 39.6 Å². The minimum absolute atomic E-state index is 0.104. The Morgan fingerprint density at radius 2 is 0.607 bits per heavy atom. The largest absolute Gasteiger partial charge is 0.472 e. The number of phosphoric ester groups is 2. The Labute approximate surface area is 511 Å². The Bertz CT molecular complexity index is 1670. The number of carbonyl (C=O) groups excluding carboxylic acids is 4. The van der Waals surface area contributed by atoms with Crippen LogP contribution in [-0.2, 0) is 65.4 Å². The summed E-state index contributed by atoms with van der Waals surface area (Å²) in [6, 6.07) is 0. The molecule has 3 N–H and O–H groups in total. The molecule has 0 amide bonds. The van der Waals surface area contributed by atoms with Crippen LogP contribution in [0, 0.1) is 17.8 Å². The van der Waals surface area contributed by atoms with Gasteiger partial charge in [0.1, 0.15) is 19.3 Å². The molecule has 0 radical (unpaired) electrons. The van der Waals surface area contributed by atoms with Gasteiger partial charge in [-0.2, -0.15) is 0 Å². The lowest BCUT2D eigenvalue weighted by Crippen LogP contribution is -2.30. The highest BCUT2D eigenvalue weighted by Gasteiger charge is 2.30.